The van der Waals surface area contributed by atoms with Gasteiger partial charge in [-0.05, 0) is 55.3 Å². The summed E-state index contributed by atoms with van der Waals surface area (Å²) in [6.07, 6.45) is 5.45. The zero-order valence-electron chi connectivity index (χ0n) is 15.4. The van der Waals surface area contributed by atoms with Gasteiger partial charge in [0, 0.05) is 17.4 Å². The highest BCUT2D eigenvalue weighted by Gasteiger charge is 2.18. The highest BCUT2D eigenvalue weighted by molar-refractivity contribution is 6.34. The van der Waals surface area contributed by atoms with Crippen molar-refractivity contribution in [3.05, 3.63) is 58.9 Å². The molecule has 1 aliphatic carbocycles. The molecular weight excluding hydrogens is 381 g/mol. The van der Waals surface area contributed by atoms with Crippen LogP contribution in [0.25, 0.3) is 0 Å². The van der Waals surface area contributed by atoms with Crippen LogP contribution in [0.4, 0.5) is 15.8 Å². The molecule has 1 fully saturated rings. The molecule has 2 amide bonds. The molecule has 0 bridgehead atoms. The van der Waals surface area contributed by atoms with Gasteiger partial charge in [0.1, 0.15) is 5.82 Å². The van der Waals surface area contributed by atoms with Crippen LogP contribution in [0.1, 0.15) is 42.5 Å². The Morgan fingerprint density at radius 3 is 2.39 bits per heavy atom. The van der Waals surface area contributed by atoms with E-state index in [1.807, 2.05) is 0 Å². The normalized spacial score (nSPS) is 14.4. The molecule has 2 aromatic rings. The van der Waals surface area contributed by atoms with Crippen molar-refractivity contribution in [2.24, 2.45) is 0 Å². The predicted octanol–water partition coefficient (Wildman–Crippen LogP) is 4.59. The molecule has 1 aliphatic rings. The first-order chi connectivity index (χ1) is 13.5. The van der Waals surface area contributed by atoms with Gasteiger partial charge in [-0.1, -0.05) is 30.9 Å². The Kier molecular flexibility index (Phi) is 6.87. The number of carbonyl (C=O) groups excluding carboxylic acids is 2. The van der Waals surface area contributed by atoms with Crippen molar-refractivity contribution < 1.29 is 14.0 Å². The minimum atomic E-state index is -0.365. The highest BCUT2D eigenvalue weighted by atomic mass is 35.5. The number of halogens is 2. The molecule has 0 aliphatic heterocycles. The lowest BCUT2D eigenvalue weighted by molar-refractivity contribution is -0.114. The maximum Gasteiger partial charge on any atom is 0.253 e. The molecule has 3 rings (SSSR count). The molecular formula is C21H23ClFN3O2. The van der Waals surface area contributed by atoms with Crippen molar-refractivity contribution in [2.45, 2.75) is 38.1 Å². The lowest BCUT2D eigenvalue weighted by Gasteiger charge is -2.23. The summed E-state index contributed by atoms with van der Waals surface area (Å²) in [5.74, 6) is -0.845. The monoisotopic (exact) mass is 403 g/mol. The molecule has 3 N–H and O–H groups in total. The van der Waals surface area contributed by atoms with Crippen molar-refractivity contribution >= 4 is 34.8 Å². The van der Waals surface area contributed by atoms with Crippen LogP contribution in [0.15, 0.2) is 42.5 Å². The van der Waals surface area contributed by atoms with E-state index < -0.39 is 0 Å². The van der Waals surface area contributed by atoms with Crippen molar-refractivity contribution in [1.82, 2.24) is 5.32 Å². The molecule has 0 aromatic heterocycles. The van der Waals surface area contributed by atoms with Crippen molar-refractivity contribution in [3.8, 4) is 0 Å². The molecule has 0 saturated heterocycles. The first-order valence-corrected chi connectivity index (χ1v) is 9.79. The first kappa shape index (κ1) is 20.1. The van der Waals surface area contributed by atoms with Gasteiger partial charge in [-0.15, -0.1) is 0 Å². The summed E-state index contributed by atoms with van der Waals surface area (Å²) >= 11 is 6.19. The first-order valence-electron chi connectivity index (χ1n) is 9.41. The standard InChI is InChI=1S/C21H23ClFN3O2/c22-19-11-10-17(12-18(19)21(28)26-15-4-2-1-3-5-15)24-13-20(27)25-16-8-6-14(23)7-9-16/h6-12,15,24H,1-5,13H2,(H,25,27)(H,26,28). The van der Waals surface area contributed by atoms with E-state index in [0.29, 0.717) is 22.0 Å². The zero-order valence-corrected chi connectivity index (χ0v) is 16.2. The van der Waals surface area contributed by atoms with Gasteiger partial charge in [-0.3, -0.25) is 9.59 Å². The second kappa shape index (κ2) is 9.55. The average Bonchev–Trinajstić information content (AvgIpc) is 2.70. The molecule has 148 valence electrons. The van der Waals surface area contributed by atoms with E-state index in [9.17, 15) is 14.0 Å². The molecule has 28 heavy (non-hydrogen) atoms. The third kappa shape index (κ3) is 5.70. The zero-order chi connectivity index (χ0) is 19.9. The number of anilines is 2. The molecule has 0 radical (unpaired) electrons. The highest BCUT2D eigenvalue weighted by Crippen LogP contribution is 2.23. The number of rotatable bonds is 6. The van der Waals surface area contributed by atoms with Gasteiger partial charge >= 0.3 is 0 Å². The number of benzene rings is 2. The topological polar surface area (TPSA) is 70.2 Å². The molecule has 1 saturated carbocycles. The van der Waals surface area contributed by atoms with Crippen LogP contribution in [0.2, 0.25) is 5.02 Å². The minimum Gasteiger partial charge on any atom is -0.376 e. The van der Waals surface area contributed by atoms with E-state index in [-0.39, 0.29) is 30.2 Å². The van der Waals surface area contributed by atoms with E-state index in [4.69, 9.17) is 11.6 Å². The Morgan fingerprint density at radius 2 is 1.68 bits per heavy atom. The lowest BCUT2D eigenvalue weighted by atomic mass is 9.95. The number of carbonyl (C=O) groups is 2. The smallest absolute Gasteiger partial charge is 0.253 e. The SMILES string of the molecule is O=C(CNc1ccc(Cl)c(C(=O)NC2CCCCC2)c1)Nc1ccc(F)cc1. The van der Waals surface area contributed by atoms with Crippen LogP contribution in [-0.4, -0.2) is 24.4 Å². The van der Waals surface area contributed by atoms with Crippen LogP contribution in [-0.2, 0) is 4.79 Å². The van der Waals surface area contributed by atoms with Gasteiger partial charge in [0.2, 0.25) is 5.91 Å². The van der Waals surface area contributed by atoms with E-state index in [2.05, 4.69) is 16.0 Å². The second-order valence-corrected chi connectivity index (χ2v) is 7.32. The second-order valence-electron chi connectivity index (χ2n) is 6.91. The fourth-order valence-corrected chi connectivity index (χ4v) is 3.44. The third-order valence-electron chi connectivity index (χ3n) is 4.73. The quantitative estimate of drug-likeness (QED) is 0.660. The van der Waals surface area contributed by atoms with Crippen LogP contribution < -0.4 is 16.0 Å². The minimum absolute atomic E-state index is 0.00267. The van der Waals surface area contributed by atoms with Gasteiger partial charge in [-0.25, -0.2) is 4.39 Å². The molecule has 0 heterocycles. The number of amides is 2. The van der Waals surface area contributed by atoms with Crippen molar-refractivity contribution in [1.29, 1.82) is 0 Å². The summed E-state index contributed by atoms with van der Waals surface area (Å²) in [6, 6.07) is 10.7. The molecule has 7 heteroatoms. The molecule has 2 aromatic carbocycles. The summed E-state index contributed by atoms with van der Waals surface area (Å²) in [4.78, 5) is 24.6. The van der Waals surface area contributed by atoms with E-state index >= 15 is 0 Å². The van der Waals surface area contributed by atoms with Gasteiger partial charge in [-0.2, -0.15) is 0 Å². The fourth-order valence-electron chi connectivity index (χ4n) is 3.24. The predicted molar refractivity (Wildman–Crippen MR) is 109 cm³/mol. The number of nitrogens with one attached hydrogen (secondary N) is 3. The van der Waals surface area contributed by atoms with Gasteiger partial charge < -0.3 is 16.0 Å². The maximum absolute atomic E-state index is 12.9. The lowest BCUT2D eigenvalue weighted by Crippen LogP contribution is -2.36. The summed E-state index contributed by atoms with van der Waals surface area (Å²) in [5, 5.41) is 9.06. The summed E-state index contributed by atoms with van der Waals surface area (Å²) in [6.45, 7) is 0.00267. The molecule has 5 nitrogen and oxygen atoms in total. The summed E-state index contributed by atoms with van der Waals surface area (Å²) < 4.78 is 12.9. The molecule has 0 atom stereocenters. The fraction of sp³-hybridized carbons (Fsp3) is 0.333. The van der Waals surface area contributed by atoms with Gasteiger partial charge in [0.25, 0.3) is 5.91 Å². The Balaban J connectivity index is 1.56. The third-order valence-corrected chi connectivity index (χ3v) is 5.06. The largest absolute Gasteiger partial charge is 0.376 e. The Labute approximate surface area is 168 Å². The number of hydrogen-bond donors (Lipinski definition) is 3. The Morgan fingerprint density at radius 1 is 1.00 bits per heavy atom. The number of hydrogen-bond acceptors (Lipinski definition) is 3. The van der Waals surface area contributed by atoms with Gasteiger partial charge in [0.05, 0.1) is 17.1 Å². The van der Waals surface area contributed by atoms with Crippen molar-refractivity contribution in [3.63, 3.8) is 0 Å². The molecule has 0 spiro atoms. The van der Waals surface area contributed by atoms with Crippen LogP contribution in [0.3, 0.4) is 0 Å². The van der Waals surface area contributed by atoms with E-state index in [1.165, 1.54) is 30.7 Å². The van der Waals surface area contributed by atoms with E-state index in [1.54, 1.807) is 18.2 Å². The van der Waals surface area contributed by atoms with Crippen LogP contribution in [0.5, 0.6) is 0 Å². The van der Waals surface area contributed by atoms with Crippen LogP contribution >= 0.6 is 11.6 Å². The maximum atomic E-state index is 12.9. The van der Waals surface area contributed by atoms with Crippen molar-refractivity contribution in [2.75, 3.05) is 17.2 Å². The molecule has 0 unspecified atom stereocenters. The van der Waals surface area contributed by atoms with Gasteiger partial charge in [0.15, 0.2) is 0 Å². The Hall–Kier alpha value is -2.60. The van der Waals surface area contributed by atoms with Crippen LogP contribution in [0, 0.1) is 5.82 Å². The summed E-state index contributed by atoms with van der Waals surface area (Å²) in [5.41, 5.74) is 1.51. The average molecular weight is 404 g/mol. The van der Waals surface area contributed by atoms with E-state index in [0.717, 1.165) is 25.7 Å². The Bertz CT molecular complexity index is 836. The summed E-state index contributed by atoms with van der Waals surface area (Å²) in [7, 11) is 0.